The van der Waals surface area contributed by atoms with Gasteiger partial charge in [0.25, 0.3) is 0 Å². The highest BCUT2D eigenvalue weighted by Crippen LogP contribution is 2.39. The van der Waals surface area contributed by atoms with Crippen molar-refractivity contribution < 1.29 is 14.1 Å². The normalized spacial score (nSPS) is 19.6. The number of nitrogen functional groups attached to an aromatic ring is 1. The predicted octanol–water partition coefficient (Wildman–Crippen LogP) is 3.27. The maximum Gasteiger partial charge on any atom is 0.491 e. The van der Waals surface area contributed by atoms with Crippen molar-refractivity contribution >= 4 is 35.8 Å². The molecule has 0 aromatic carbocycles. The van der Waals surface area contributed by atoms with E-state index in [1.807, 2.05) is 46.8 Å². The number of aryl methyl sites for hydroxylation is 1. The zero-order valence-corrected chi connectivity index (χ0v) is 16.0. The van der Waals surface area contributed by atoms with Gasteiger partial charge in [0.15, 0.2) is 5.12 Å². The van der Waals surface area contributed by atoms with E-state index in [0.717, 1.165) is 16.7 Å². The fourth-order valence-corrected chi connectivity index (χ4v) is 2.86. The number of nitrogens with zero attached hydrogens (tertiary/aromatic N) is 1. The molecule has 1 saturated heterocycles. The van der Waals surface area contributed by atoms with E-state index in [2.05, 4.69) is 4.98 Å². The summed E-state index contributed by atoms with van der Waals surface area (Å²) in [4.78, 5) is 15.7. The maximum absolute atomic E-state index is 11.4. The molecule has 1 fully saturated rings. The third kappa shape index (κ3) is 4.20. The number of anilines is 1. The second kappa shape index (κ2) is 6.90. The molecule has 0 spiro atoms. The molecule has 1 aromatic rings. The number of thioether (sulfide) groups is 1. The van der Waals surface area contributed by atoms with Crippen LogP contribution in [0.25, 0.3) is 6.08 Å². The van der Waals surface area contributed by atoms with E-state index in [1.54, 1.807) is 13.1 Å². The molecular formula is C17H25BN2O3S. The van der Waals surface area contributed by atoms with Crippen LogP contribution in [0.15, 0.2) is 17.7 Å². The molecule has 2 heterocycles. The van der Waals surface area contributed by atoms with Gasteiger partial charge >= 0.3 is 7.12 Å². The van der Waals surface area contributed by atoms with Crippen LogP contribution < -0.4 is 5.73 Å². The van der Waals surface area contributed by atoms with Crippen LogP contribution in [-0.2, 0) is 14.1 Å². The van der Waals surface area contributed by atoms with Gasteiger partial charge < -0.3 is 15.0 Å². The molecule has 0 radical (unpaired) electrons. The van der Waals surface area contributed by atoms with Gasteiger partial charge in [-0.1, -0.05) is 17.8 Å². The van der Waals surface area contributed by atoms with Gasteiger partial charge in [-0.05, 0) is 51.7 Å². The molecule has 5 nitrogen and oxygen atoms in total. The number of hydrogen-bond donors (Lipinski definition) is 1. The summed E-state index contributed by atoms with van der Waals surface area (Å²) in [5.41, 5.74) is 8.25. The van der Waals surface area contributed by atoms with Gasteiger partial charge in [0.2, 0.25) is 0 Å². The van der Waals surface area contributed by atoms with Crippen LogP contribution in [0.4, 0.5) is 5.69 Å². The van der Waals surface area contributed by atoms with Crippen LogP contribution >= 0.6 is 11.8 Å². The van der Waals surface area contributed by atoms with Crippen LogP contribution in [0.5, 0.6) is 0 Å². The summed E-state index contributed by atoms with van der Waals surface area (Å²) < 4.78 is 12.3. The first kappa shape index (κ1) is 19.0. The average molecular weight is 348 g/mol. The molecule has 0 aliphatic carbocycles. The van der Waals surface area contributed by atoms with Crippen molar-refractivity contribution in [3.05, 3.63) is 29.0 Å². The van der Waals surface area contributed by atoms with Gasteiger partial charge in [-0.15, -0.1) is 0 Å². The fourth-order valence-electron chi connectivity index (χ4n) is 2.27. The van der Waals surface area contributed by atoms with Crippen molar-refractivity contribution in [1.29, 1.82) is 0 Å². The second-order valence-corrected chi connectivity index (χ2v) is 8.18. The Morgan fingerprint density at radius 3 is 2.46 bits per heavy atom. The minimum Gasteiger partial charge on any atom is -0.400 e. The Morgan fingerprint density at radius 2 is 1.92 bits per heavy atom. The van der Waals surface area contributed by atoms with E-state index >= 15 is 0 Å². The number of nitrogens with two attached hydrogens (primary N) is 1. The molecule has 0 atom stereocenters. The lowest BCUT2D eigenvalue weighted by Gasteiger charge is -2.32. The number of rotatable bonds is 4. The zero-order chi connectivity index (χ0) is 18.1. The maximum atomic E-state index is 11.4. The molecular weight excluding hydrogens is 323 g/mol. The lowest BCUT2D eigenvalue weighted by atomic mass is 9.78. The number of carbonyl (C=O) groups is 1. The SMILES string of the molecule is CC(=O)SCC(=Cc1cc(N)cnc1C)B1OC(C)(C)C(C)(C)O1. The van der Waals surface area contributed by atoms with Gasteiger partial charge in [0.1, 0.15) is 0 Å². The highest BCUT2D eigenvalue weighted by molar-refractivity contribution is 8.13. The number of carbonyl (C=O) groups excluding carboxylic acids is 1. The molecule has 24 heavy (non-hydrogen) atoms. The monoisotopic (exact) mass is 348 g/mol. The Morgan fingerprint density at radius 1 is 1.33 bits per heavy atom. The minimum atomic E-state index is -0.498. The van der Waals surface area contributed by atoms with Crippen molar-refractivity contribution in [3.8, 4) is 0 Å². The zero-order valence-electron chi connectivity index (χ0n) is 15.2. The second-order valence-electron chi connectivity index (χ2n) is 7.03. The van der Waals surface area contributed by atoms with E-state index in [-0.39, 0.29) is 5.12 Å². The van der Waals surface area contributed by atoms with Crippen molar-refractivity contribution in [3.63, 3.8) is 0 Å². The van der Waals surface area contributed by atoms with E-state index in [4.69, 9.17) is 15.0 Å². The van der Waals surface area contributed by atoms with Crippen molar-refractivity contribution in [2.45, 2.75) is 52.7 Å². The molecule has 0 saturated carbocycles. The summed E-state index contributed by atoms with van der Waals surface area (Å²) in [6.07, 6.45) is 3.60. The van der Waals surface area contributed by atoms with Gasteiger partial charge in [0.05, 0.1) is 23.1 Å². The first-order valence-corrected chi connectivity index (χ1v) is 8.92. The fraction of sp³-hybridized carbons (Fsp3) is 0.529. The predicted molar refractivity (Wildman–Crippen MR) is 101 cm³/mol. The highest BCUT2D eigenvalue weighted by atomic mass is 32.2. The molecule has 2 N–H and O–H groups in total. The Hall–Kier alpha value is -1.31. The van der Waals surface area contributed by atoms with Crippen molar-refractivity contribution in [2.75, 3.05) is 11.5 Å². The molecule has 2 rings (SSSR count). The first-order valence-electron chi connectivity index (χ1n) is 7.93. The lowest BCUT2D eigenvalue weighted by Crippen LogP contribution is -2.41. The van der Waals surface area contributed by atoms with Crippen molar-refractivity contribution in [1.82, 2.24) is 4.98 Å². The van der Waals surface area contributed by atoms with Crippen LogP contribution in [0.1, 0.15) is 45.9 Å². The summed E-state index contributed by atoms with van der Waals surface area (Å²) in [5, 5.41) is 0.0554. The molecule has 0 bridgehead atoms. The molecule has 0 amide bonds. The van der Waals surface area contributed by atoms with Crippen LogP contribution in [-0.4, -0.2) is 34.2 Å². The molecule has 1 aliphatic heterocycles. The van der Waals surface area contributed by atoms with Crippen molar-refractivity contribution in [2.24, 2.45) is 0 Å². The number of pyridine rings is 1. The summed E-state index contributed by atoms with van der Waals surface area (Å²) >= 11 is 1.24. The van der Waals surface area contributed by atoms with Gasteiger partial charge in [-0.25, -0.2) is 0 Å². The Bertz CT molecular complexity index is 658. The Kier molecular flexibility index (Phi) is 5.47. The third-order valence-electron chi connectivity index (χ3n) is 4.49. The standard InChI is InChI=1S/C17H25BN2O3S/c1-11-13(8-15(19)9-20-11)7-14(10-24-12(2)21)18-22-16(3,4)17(5,6)23-18/h7-9H,10,19H2,1-6H3. The van der Waals surface area contributed by atoms with E-state index in [0.29, 0.717) is 11.4 Å². The molecule has 1 aliphatic rings. The van der Waals surface area contributed by atoms with Crippen LogP contribution in [0.3, 0.4) is 0 Å². The lowest BCUT2D eigenvalue weighted by molar-refractivity contribution is -0.109. The largest absolute Gasteiger partial charge is 0.491 e. The molecule has 130 valence electrons. The molecule has 7 heteroatoms. The smallest absolute Gasteiger partial charge is 0.400 e. The topological polar surface area (TPSA) is 74.4 Å². The van der Waals surface area contributed by atoms with Gasteiger partial charge in [-0.3, -0.25) is 9.78 Å². The van der Waals surface area contributed by atoms with Gasteiger partial charge in [-0.2, -0.15) is 0 Å². The Labute approximate surface area is 148 Å². The Balaban J connectivity index is 2.37. The highest BCUT2D eigenvalue weighted by Gasteiger charge is 2.52. The van der Waals surface area contributed by atoms with Crippen LogP contribution in [0, 0.1) is 6.92 Å². The number of hydrogen-bond acceptors (Lipinski definition) is 6. The molecule has 0 unspecified atom stereocenters. The van der Waals surface area contributed by atoms with E-state index in [1.165, 1.54) is 11.8 Å². The van der Waals surface area contributed by atoms with E-state index < -0.39 is 18.3 Å². The first-order chi connectivity index (χ1) is 11.0. The van der Waals surface area contributed by atoms with E-state index in [9.17, 15) is 4.79 Å². The average Bonchev–Trinajstić information content (AvgIpc) is 2.66. The third-order valence-corrected chi connectivity index (χ3v) is 5.37. The van der Waals surface area contributed by atoms with Crippen LogP contribution in [0.2, 0.25) is 0 Å². The summed E-state index contributed by atoms with van der Waals surface area (Å²) in [6, 6.07) is 1.87. The minimum absolute atomic E-state index is 0.0554. The molecule has 1 aromatic heterocycles. The quantitative estimate of drug-likeness (QED) is 0.842. The summed E-state index contributed by atoms with van der Waals surface area (Å²) in [5.74, 6) is 0.500. The summed E-state index contributed by atoms with van der Waals surface area (Å²) in [7, 11) is -0.498. The van der Waals surface area contributed by atoms with Gasteiger partial charge in [0, 0.05) is 18.4 Å². The number of aromatic nitrogens is 1. The summed E-state index contributed by atoms with van der Waals surface area (Å²) in [6.45, 7) is 11.5.